The van der Waals surface area contributed by atoms with Gasteiger partial charge < -0.3 is 20.1 Å². The van der Waals surface area contributed by atoms with Crippen LogP contribution in [0.5, 0.6) is 0 Å². The molecule has 1 aliphatic rings. The van der Waals surface area contributed by atoms with Crippen LogP contribution in [-0.4, -0.2) is 70.0 Å². The van der Waals surface area contributed by atoms with Crippen LogP contribution in [0.25, 0.3) is 0 Å². The number of hydrogen-bond acceptors (Lipinski definition) is 4. The van der Waals surface area contributed by atoms with E-state index in [9.17, 15) is 4.39 Å². The first-order valence-corrected chi connectivity index (χ1v) is 9.59. The molecule has 2 rings (SSSR count). The van der Waals surface area contributed by atoms with Gasteiger partial charge in [-0.25, -0.2) is 4.39 Å². The number of ether oxygens (including phenoxy) is 2. The lowest BCUT2D eigenvalue weighted by Gasteiger charge is -2.38. The van der Waals surface area contributed by atoms with Crippen molar-refractivity contribution in [2.75, 3.05) is 47.0 Å². The predicted octanol–water partition coefficient (Wildman–Crippen LogP) is 3.06. The van der Waals surface area contributed by atoms with Crippen LogP contribution >= 0.6 is 35.6 Å². The highest BCUT2D eigenvalue weighted by molar-refractivity contribution is 14.0. The first-order valence-electron chi connectivity index (χ1n) is 9.22. The predicted molar refractivity (Wildman–Crippen MR) is 122 cm³/mol. The van der Waals surface area contributed by atoms with E-state index in [4.69, 9.17) is 21.1 Å². The fraction of sp³-hybridized carbons (Fsp3) is 0.632. The summed E-state index contributed by atoms with van der Waals surface area (Å²) in [5.41, 5.74) is 0.501. The zero-order chi connectivity index (χ0) is 19.8. The van der Waals surface area contributed by atoms with Crippen molar-refractivity contribution in [2.24, 2.45) is 4.99 Å². The summed E-state index contributed by atoms with van der Waals surface area (Å²) in [5, 5.41) is 6.99. The van der Waals surface area contributed by atoms with Crippen molar-refractivity contribution in [3.8, 4) is 0 Å². The van der Waals surface area contributed by atoms with E-state index in [0.29, 0.717) is 49.4 Å². The maximum atomic E-state index is 14.6. The van der Waals surface area contributed by atoms with Crippen LogP contribution in [0.4, 0.5) is 4.39 Å². The van der Waals surface area contributed by atoms with Crippen LogP contribution in [0, 0.1) is 5.82 Å². The van der Waals surface area contributed by atoms with Crippen molar-refractivity contribution in [3.63, 3.8) is 0 Å². The molecule has 6 nitrogen and oxygen atoms in total. The molecular weight excluding hydrogens is 498 g/mol. The van der Waals surface area contributed by atoms with Gasteiger partial charge in [-0.1, -0.05) is 17.7 Å². The highest BCUT2D eigenvalue weighted by Gasteiger charge is 2.29. The lowest BCUT2D eigenvalue weighted by atomic mass is 10.0. The summed E-state index contributed by atoms with van der Waals surface area (Å²) in [7, 11) is 3.36. The molecule has 9 heteroatoms. The fourth-order valence-electron chi connectivity index (χ4n) is 3.28. The molecule has 28 heavy (non-hydrogen) atoms. The number of nitrogens with one attached hydrogen (secondary N) is 2. The third-order valence-corrected chi connectivity index (χ3v) is 4.86. The first-order chi connectivity index (χ1) is 13.0. The second kappa shape index (κ2) is 12.8. The van der Waals surface area contributed by atoms with Gasteiger partial charge in [0.25, 0.3) is 0 Å². The molecule has 0 spiro atoms. The molecule has 0 bridgehead atoms. The Labute approximate surface area is 189 Å². The van der Waals surface area contributed by atoms with Crippen molar-refractivity contribution in [1.82, 2.24) is 15.5 Å². The Morgan fingerprint density at radius 3 is 2.86 bits per heavy atom. The van der Waals surface area contributed by atoms with Gasteiger partial charge >= 0.3 is 0 Å². The Hall–Kier alpha value is -0.680. The minimum absolute atomic E-state index is 0. The van der Waals surface area contributed by atoms with Gasteiger partial charge in [0.15, 0.2) is 5.96 Å². The number of halogens is 3. The highest BCUT2D eigenvalue weighted by Crippen LogP contribution is 2.31. The lowest BCUT2D eigenvalue weighted by Crippen LogP contribution is -2.50. The van der Waals surface area contributed by atoms with Gasteiger partial charge in [0, 0.05) is 50.4 Å². The molecule has 1 aromatic carbocycles. The molecule has 1 aromatic rings. The number of methoxy groups -OCH3 is 1. The van der Waals surface area contributed by atoms with Crippen molar-refractivity contribution < 1.29 is 13.9 Å². The van der Waals surface area contributed by atoms with Crippen molar-refractivity contribution in [3.05, 3.63) is 34.6 Å². The maximum absolute atomic E-state index is 14.6. The quantitative estimate of drug-likeness (QED) is 0.324. The Morgan fingerprint density at radius 2 is 2.25 bits per heavy atom. The smallest absolute Gasteiger partial charge is 0.191 e. The molecule has 0 saturated carbocycles. The van der Waals surface area contributed by atoms with Crippen LogP contribution < -0.4 is 10.6 Å². The average molecular weight is 529 g/mol. The van der Waals surface area contributed by atoms with Crippen molar-refractivity contribution in [1.29, 1.82) is 0 Å². The van der Waals surface area contributed by atoms with E-state index in [1.807, 2.05) is 13.8 Å². The Kier molecular flexibility index (Phi) is 11.6. The monoisotopic (exact) mass is 528 g/mol. The second-order valence-electron chi connectivity index (χ2n) is 6.78. The number of hydrogen-bond donors (Lipinski definition) is 2. The van der Waals surface area contributed by atoms with Gasteiger partial charge in [-0.2, -0.15) is 0 Å². The number of nitrogens with zero attached hydrogens (tertiary/aromatic N) is 2. The van der Waals surface area contributed by atoms with Gasteiger partial charge in [-0.05, 0) is 26.0 Å². The van der Waals surface area contributed by atoms with E-state index < -0.39 is 0 Å². The van der Waals surface area contributed by atoms with Crippen LogP contribution in [0.1, 0.15) is 25.5 Å². The Bertz CT molecular complexity index is 618. The largest absolute Gasteiger partial charge is 0.383 e. The minimum Gasteiger partial charge on any atom is -0.383 e. The summed E-state index contributed by atoms with van der Waals surface area (Å²) < 4.78 is 25.4. The van der Waals surface area contributed by atoms with Crippen molar-refractivity contribution >= 4 is 41.5 Å². The number of morpholine rings is 1. The molecule has 0 amide bonds. The van der Waals surface area contributed by atoms with Gasteiger partial charge in [0.05, 0.1) is 25.4 Å². The molecule has 3 atom stereocenters. The standard InChI is InChI=1S/C19H30ClFN4O2.HI/c1-13(12-26-4)24-19(22-3)23-10-17(25-8-9-27-14(2)11-25)18-15(20)6-5-7-16(18)21;/h5-7,13-14,17H,8-12H2,1-4H3,(H2,22,23,24);1H. The molecule has 3 unspecified atom stereocenters. The summed E-state index contributed by atoms with van der Waals surface area (Å²) in [5.74, 6) is 0.336. The molecule has 1 saturated heterocycles. The average Bonchev–Trinajstić information content (AvgIpc) is 2.63. The number of guanidine groups is 1. The molecular formula is C19H31ClFIN4O2. The van der Waals surface area contributed by atoms with Gasteiger partial charge in [-0.3, -0.25) is 9.89 Å². The summed E-state index contributed by atoms with van der Waals surface area (Å²) in [6, 6.07) is 4.66. The summed E-state index contributed by atoms with van der Waals surface area (Å²) in [6.07, 6.45) is 0.0889. The lowest BCUT2D eigenvalue weighted by molar-refractivity contribution is -0.0343. The summed E-state index contributed by atoms with van der Waals surface area (Å²) >= 11 is 6.37. The third-order valence-electron chi connectivity index (χ3n) is 4.53. The molecule has 2 N–H and O–H groups in total. The Morgan fingerprint density at radius 1 is 1.50 bits per heavy atom. The van der Waals surface area contributed by atoms with Gasteiger partial charge in [-0.15, -0.1) is 24.0 Å². The minimum atomic E-state index is -0.302. The highest BCUT2D eigenvalue weighted by atomic mass is 127. The summed E-state index contributed by atoms with van der Waals surface area (Å²) in [4.78, 5) is 6.46. The third kappa shape index (κ3) is 7.29. The van der Waals surface area contributed by atoms with Crippen LogP contribution in [0.3, 0.4) is 0 Å². The first kappa shape index (κ1) is 25.4. The zero-order valence-electron chi connectivity index (χ0n) is 16.9. The zero-order valence-corrected chi connectivity index (χ0v) is 20.0. The van der Waals surface area contributed by atoms with Gasteiger partial charge in [0.1, 0.15) is 5.82 Å². The molecule has 1 aliphatic heterocycles. The molecule has 160 valence electrons. The van der Waals surface area contributed by atoms with Gasteiger partial charge in [0.2, 0.25) is 0 Å². The molecule has 1 fully saturated rings. The number of aliphatic imine (C=N–C) groups is 1. The van der Waals surface area contributed by atoms with E-state index in [1.165, 1.54) is 6.07 Å². The molecule has 1 heterocycles. The molecule has 0 aliphatic carbocycles. The van der Waals surface area contributed by atoms with E-state index in [2.05, 4.69) is 20.5 Å². The number of rotatable bonds is 7. The topological polar surface area (TPSA) is 58.1 Å². The SMILES string of the molecule is CN=C(NCC(c1c(F)cccc1Cl)N1CCOC(C)C1)NC(C)COC.I. The van der Waals surface area contributed by atoms with E-state index in [0.717, 1.165) is 0 Å². The van der Waals surface area contributed by atoms with Crippen LogP contribution in [-0.2, 0) is 9.47 Å². The summed E-state index contributed by atoms with van der Waals surface area (Å²) in [6.45, 7) is 7.09. The van der Waals surface area contributed by atoms with Crippen LogP contribution in [0.2, 0.25) is 5.02 Å². The molecule has 0 radical (unpaired) electrons. The normalized spacial score (nSPS) is 20.2. The second-order valence-corrected chi connectivity index (χ2v) is 7.19. The fourth-order valence-corrected chi connectivity index (χ4v) is 3.57. The van der Waals surface area contributed by atoms with E-state index >= 15 is 0 Å². The Balaban J connectivity index is 0.00000392. The van der Waals surface area contributed by atoms with Crippen molar-refractivity contribution in [2.45, 2.75) is 32.0 Å². The molecule has 0 aromatic heterocycles. The van der Waals surface area contributed by atoms with Crippen LogP contribution in [0.15, 0.2) is 23.2 Å². The van der Waals surface area contributed by atoms with E-state index in [-0.39, 0.29) is 48.0 Å². The number of benzene rings is 1. The van der Waals surface area contributed by atoms with E-state index in [1.54, 1.807) is 26.3 Å². The maximum Gasteiger partial charge on any atom is 0.191 e.